The van der Waals surface area contributed by atoms with Gasteiger partial charge >= 0.3 is 0 Å². The van der Waals surface area contributed by atoms with Gasteiger partial charge in [-0.2, -0.15) is 5.10 Å². The Hall–Kier alpha value is -2.52. The van der Waals surface area contributed by atoms with Gasteiger partial charge in [0, 0.05) is 12.1 Å². The first-order valence-electron chi connectivity index (χ1n) is 9.88. The van der Waals surface area contributed by atoms with Crippen LogP contribution in [0, 0.1) is 11.3 Å². The maximum atomic E-state index is 13.1. The molecule has 4 N–H and O–H groups in total. The summed E-state index contributed by atoms with van der Waals surface area (Å²) in [5.74, 6) is -1.00. The van der Waals surface area contributed by atoms with Crippen molar-refractivity contribution in [3.05, 3.63) is 17.5 Å². The molecular formula is C19H27F2N5O3. The minimum absolute atomic E-state index is 0.0746. The van der Waals surface area contributed by atoms with Gasteiger partial charge in [0.1, 0.15) is 5.69 Å². The maximum Gasteiger partial charge on any atom is 0.279 e. The molecule has 3 heterocycles. The summed E-state index contributed by atoms with van der Waals surface area (Å²) >= 11 is 0. The van der Waals surface area contributed by atoms with Crippen LogP contribution in [0.4, 0.5) is 8.78 Å². The van der Waals surface area contributed by atoms with Crippen LogP contribution in [0.5, 0.6) is 0 Å². The standard InChI is InChI=1S/C19H27F2N5O3/c1-10(2)5-6-19(18(29)23-9-15(22)27)8-11-3-4-14(19)26(11)17(28)13-7-12(16(20)21)24-25-13/h7,10-11,14,16H,3-6,8-9H2,1-2H3,(H2,22,27)(H,23,29)(H,24,25)/t11-,14+,19+/m1/s1. The predicted octanol–water partition coefficient (Wildman–Crippen LogP) is 1.75. The minimum Gasteiger partial charge on any atom is -0.368 e. The first-order valence-corrected chi connectivity index (χ1v) is 9.88. The number of halogens is 2. The molecule has 0 saturated carbocycles. The molecule has 1 aromatic rings. The molecule has 160 valence electrons. The molecule has 0 unspecified atom stereocenters. The summed E-state index contributed by atoms with van der Waals surface area (Å²) in [6, 6.07) is 0.539. The molecule has 0 aliphatic carbocycles. The summed E-state index contributed by atoms with van der Waals surface area (Å²) in [4.78, 5) is 38.9. The molecule has 8 nitrogen and oxygen atoms in total. The second-order valence-electron chi connectivity index (χ2n) is 8.41. The molecule has 0 radical (unpaired) electrons. The zero-order chi connectivity index (χ0) is 21.3. The maximum absolute atomic E-state index is 13.1. The normalized spacial score (nSPS) is 25.8. The topological polar surface area (TPSA) is 121 Å². The fourth-order valence-electron chi connectivity index (χ4n) is 4.70. The quantitative estimate of drug-likeness (QED) is 0.603. The highest BCUT2D eigenvalue weighted by atomic mass is 19.3. The van der Waals surface area contributed by atoms with Crippen molar-refractivity contribution in [2.24, 2.45) is 17.1 Å². The first-order chi connectivity index (χ1) is 13.7. The van der Waals surface area contributed by atoms with Crippen molar-refractivity contribution in [2.45, 2.75) is 64.5 Å². The number of hydrogen-bond acceptors (Lipinski definition) is 4. The molecule has 1 aromatic heterocycles. The molecule has 2 aliphatic heterocycles. The Labute approximate surface area is 167 Å². The Bertz CT molecular complexity index is 797. The van der Waals surface area contributed by atoms with E-state index in [2.05, 4.69) is 29.4 Å². The highest BCUT2D eigenvalue weighted by Gasteiger charge is 2.61. The molecule has 3 amide bonds. The van der Waals surface area contributed by atoms with Crippen LogP contribution in [0.25, 0.3) is 0 Å². The summed E-state index contributed by atoms with van der Waals surface area (Å²) in [5.41, 5.74) is 3.86. The van der Waals surface area contributed by atoms with Gasteiger partial charge in [0.15, 0.2) is 5.69 Å². The number of nitrogens with zero attached hydrogens (tertiary/aromatic N) is 2. The minimum atomic E-state index is -2.75. The number of carbonyl (C=O) groups excluding carboxylic acids is 3. The highest BCUT2D eigenvalue weighted by Crippen LogP contribution is 2.53. The van der Waals surface area contributed by atoms with Crippen LogP contribution >= 0.6 is 0 Å². The second-order valence-corrected chi connectivity index (χ2v) is 8.41. The number of carbonyl (C=O) groups is 3. The van der Waals surface area contributed by atoms with Crippen LogP contribution in [0.3, 0.4) is 0 Å². The number of H-pyrrole nitrogens is 1. The molecule has 0 spiro atoms. The number of primary amides is 1. The Kier molecular flexibility index (Phi) is 5.90. The summed E-state index contributed by atoms with van der Waals surface area (Å²) in [6.07, 6.45) is 0.479. The SMILES string of the molecule is CC(C)CC[C@]1(C(=O)NCC(N)=O)C[C@H]2CC[C@@H]1N2C(=O)c1cc(C(F)F)[nH]n1. The van der Waals surface area contributed by atoms with Crippen molar-refractivity contribution in [3.8, 4) is 0 Å². The van der Waals surface area contributed by atoms with Crippen molar-refractivity contribution in [2.75, 3.05) is 6.54 Å². The van der Waals surface area contributed by atoms with E-state index in [0.29, 0.717) is 25.2 Å². The molecule has 29 heavy (non-hydrogen) atoms. The van der Waals surface area contributed by atoms with Crippen LogP contribution in [0.1, 0.15) is 68.6 Å². The van der Waals surface area contributed by atoms with Gasteiger partial charge in [-0.25, -0.2) is 8.78 Å². The van der Waals surface area contributed by atoms with Gasteiger partial charge in [-0.15, -0.1) is 0 Å². The third-order valence-corrected chi connectivity index (χ3v) is 6.07. The van der Waals surface area contributed by atoms with Crippen molar-refractivity contribution < 1.29 is 23.2 Å². The van der Waals surface area contributed by atoms with E-state index in [1.807, 2.05) is 0 Å². The Balaban J connectivity index is 1.86. The monoisotopic (exact) mass is 411 g/mol. The lowest BCUT2D eigenvalue weighted by molar-refractivity contribution is -0.135. The third kappa shape index (κ3) is 3.97. The zero-order valence-electron chi connectivity index (χ0n) is 16.6. The number of rotatable bonds is 8. The van der Waals surface area contributed by atoms with Gasteiger partial charge in [0.25, 0.3) is 12.3 Å². The Morgan fingerprint density at radius 1 is 1.38 bits per heavy atom. The van der Waals surface area contributed by atoms with Gasteiger partial charge in [-0.05, 0) is 44.1 Å². The van der Waals surface area contributed by atoms with E-state index in [0.717, 1.165) is 18.9 Å². The lowest BCUT2D eigenvalue weighted by Crippen LogP contribution is -2.51. The smallest absolute Gasteiger partial charge is 0.279 e. The highest BCUT2D eigenvalue weighted by molar-refractivity contribution is 5.95. The van der Waals surface area contributed by atoms with Gasteiger partial charge in [0.2, 0.25) is 11.8 Å². The average Bonchev–Trinajstić information content (AvgIpc) is 3.37. The van der Waals surface area contributed by atoms with E-state index >= 15 is 0 Å². The fourth-order valence-corrected chi connectivity index (χ4v) is 4.70. The van der Waals surface area contributed by atoms with Gasteiger partial charge in [-0.3, -0.25) is 19.5 Å². The molecule has 2 fully saturated rings. The lowest BCUT2D eigenvalue weighted by atomic mass is 9.69. The number of fused-ring (bicyclic) bond motifs is 2. The van der Waals surface area contributed by atoms with Gasteiger partial charge in [-0.1, -0.05) is 13.8 Å². The number of aromatic nitrogens is 2. The van der Waals surface area contributed by atoms with Crippen LogP contribution in [-0.4, -0.2) is 51.4 Å². The van der Waals surface area contributed by atoms with E-state index in [9.17, 15) is 23.2 Å². The van der Waals surface area contributed by atoms with E-state index in [1.54, 1.807) is 4.90 Å². The van der Waals surface area contributed by atoms with E-state index in [-0.39, 0.29) is 30.2 Å². The molecule has 0 aromatic carbocycles. The zero-order valence-corrected chi connectivity index (χ0v) is 16.6. The second kappa shape index (κ2) is 8.08. The largest absolute Gasteiger partial charge is 0.368 e. The van der Waals surface area contributed by atoms with E-state index in [1.165, 1.54) is 0 Å². The van der Waals surface area contributed by atoms with Crippen molar-refractivity contribution in [1.82, 2.24) is 20.4 Å². The van der Waals surface area contributed by atoms with E-state index < -0.39 is 29.3 Å². The number of amides is 3. The molecule has 2 bridgehead atoms. The number of alkyl halides is 2. The van der Waals surface area contributed by atoms with Crippen LogP contribution in [0.15, 0.2) is 6.07 Å². The van der Waals surface area contributed by atoms with Crippen molar-refractivity contribution in [1.29, 1.82) is 0 Å². The molecule has 2 saturated heterocycles. The molecule has 2 aliphatic rings. The molecule has 3 rings (SSSR count). The molecule has 10 heteroatoms. The van der Waals surface area contributed by atoms with Crippen LogP contribution in [0.2, 0.25) is 0 Å². The number of nitrogens with two attached hydrogens (primary N) is 1. The summed E-state index contributed by atoms with van der Waals surface area (Å²) in [5, 5.41) is 8.56. The Morgan fingerprint density at radius 2 is 2.10 bits per heavy atom. The predicted molar refractivity (Wildman–Crippen MR) is 99.9 cm³/mol. The van der Waals surface area contributed by atoms with Crippen molar-refractivity contribution in [3.63, 3.8) is 0 Å². The average molecular weight is 411 g/mol. The van der Waals surface area contributed by atoms with E-state index in [4.69, 9.17) is 5.73 Å². The summed E-state index contributed by atoms with van der Waals surface area (Å²) in [6.45, 7) is 3.85. The number of aromatic amines is 1. The number of nitrogens with one attached hydrogen (secondary N) is 2. The van der Waals surface area contributed by atoms with Crippen LogP contribution in [-0.2, 0) is 9.59 Å². The van der Waals surface area contributed by atoms with Gasteiger partial charge in [0.05, 0.1) is 12.0 Å². The fraction of sp³-hybridized carbons (Fsp3) is 0.684. The molecule has 3 atom stereocenters. The van der Waals surface area contributed by atoms with Gasteiger partial charge < -0.3 is 16.0 Å². The first kappa shape index (κ1) is 21.2. The number of hydrogen-bond donors (Lipinski definition) is 3. The van der Waals surface area contributed by atoms with Crippen molar-refractivity contribution >= 4 is 17.7 Å². The summed E-state index contributed by atoms with van der Waals surface area (Å²) in [7, 11) is 0. The summed E-state index contributed by atoms with van der Waals surface area (Å²) < 4.78 is 25.7. The molecular weight excluding hydrogens is 384 g/mol. The third-order valence-electron chi connectivity index (χ3n) is 6.07. The van der Waals surface area contributed by atoms with Crippen LogP contribution < -0.4 is 11.1 Å². The Morgan fingerprint density at radius 3 is 2.69 bits per heavy atom. The lowest BCUT2D eigenvalue weighted by Gasteiger charge is -2.36.